The van der Waals surface area contributed by atoms with Gasteiger partial charge in [0.15, 0.2) is 0 Å². The van der Waals surface area contributed by atoms with E-state index in [0.717, 1.165) is 38.5 Å². The van der Waals surface area contributed by atoms with Crippen molar-refractivity contribution in [2.45, 2.75) is 75.5 Å². The normalized spacial score (nSPS) is 32.6. The monoisotopic (exact) mass is 289 g/mol. The first kappa shape index (κ1) is 13.1. The van der Waals surface area contributed by atoms with Gasteiger partial charge in [0.05, 0.1) is 18.4 Å². The quantitative estimate of drug-likeness (QED) is 0.907. The molecule has 1 saturated carbocycles. The number of fused-ring (bicyclic) bond motifs is 2. The fraction of sp³-hybridized carbons (Fsp3) is 0.800. The highest BCUT2D eigenvalue weighted by Crippen LogP contribution is 2.40. The van der Waals surface area contributed by atoms with Gasteiger partial charge in [-0.15, -0.1) is 0 Å². The summed E-state index contributed by atoms with van der Waals surface area (Å²) in [5.74, 6) is 0. The van der Waals surface area contributed by atoms with Gasteiger partial charge in [0.2, 0.25) is 0 Å². The minimum atomic E-state index is 0.168. The van der Waals surface area contributed by atoms with E-state index < -0.39 is 0 Å². The minimum Gasteiger partial charge on any atom is -0.335 e. The van der Waals surface area contributed by atoms with E-state index in [-0.39, 0.29) is 6.03 Å². The summed E-state index contributed by atoms with van der Waals surface area (Å²) in [4.78, 5) is 16.5. The van der Waals surface area contributed by atoms with Gasteiger partial charge in [0, 0.05) is 18.1 Å². The Labute approximate surface area is 124 Å². The predicted molar refractivity (Wildman–Crippen MR) is 77.7 cm³/mol. The first-order valence-electron chi connectivity index (χ1n) is 8.26. The van der Waals surface area contributed by atoms with Crippen LogP contribution in [0, 0.1) is 0 Å². The van der Waals surface area contributed by atoms with Crippen LogP contribution in [0.2, 0.25) is 0 Å². The number of rotatable bonds is 2. The maximum absolute atomic E-state index is 12.6. The van der Waals surface area contributed by atoms with Gasteiger partial charge in [0.1, 0.15) is 0 Å². The van der Waals surface area contributed by atoms with E-state index in [1.54, 1.807) is 12.4 Å². The molecular formula is C15H23N5O. The third kappa shape index (κ3) is 2.40. The van der Waals surface area contributed by atoms with E-state index in [4.69, 9.17) is 0 Å². The maximum atomic E-state index is 12.6. The molecule has 0 spiro atoms. The van der Waals surface area contributed by atoms with Crippen molar-refractivity contribution in [1.82, 2.24) is 25.2 Å². The molecule has 0 aromatic carbocycles. The third-order valence-electron chi connectivity index (χ3n) is 5.39. The van der Waals surface area contributed by atoms with Crippen LogP contribution in [0.1, 0.15) is 57.4 Å². The molecule has 3 aliphatic rings. The summed E-state index contributed by atoms with van der Waals surface area (Å²) in [6, 6.07) is 1.65. The summed E-state index contributed by atoms with van der Waals surface area (Å²) in [6.07, 6.45) is 12.5. The summed E-state index contributed by atoms with van der Waals surface area (Å²) in [6.45, 7) is 0. The second-order valence-electron chi connectivity index (χ2n) is 6.70. The van der Waals surface area contributed by atoms with E-state index in [2.05, 4.69) is 20.4 Å². The Morgan fingerprint density at radius 1 is 0.952 bits per heavy atom. The van der Waals surface area contributed by atoms with Gasteiger partial charge in [-0.25, -0.2) is 4.79 Å². The van der Waals surface area contributed by atoms with E-state index in [1.807, 2.05) is 4.80 Å². The molecule has 1 N–H and O–H groups in total. The summed E-state index contributed by atoms with van der Waals surface area (Å²) in [5.41, 5.74) is 0. The fourth-order valence-corrected chi connectivity index (χ4v) is 4.40. The Bertz CT molecular complexity index is 482. The Morgan fingerprint density at radius 3 is 2.19 bits per heavy atom. The Morgan fingerprint density at radius 2 is 1.57 bits per heavy atom. The van der Waals surface area contributed by atoms with Gasteiger partial charge in [-0.1, -0.05) is 12.8 Å². The highest BCUT2D eigenvalue weighted by atomic mass is 16.2. The van der Waals surface area contributed by atoms with Crippen LogP contribution < -0.4 is 5.32 Å². The molecule has 3 fully saturated rings. The molecule has 2 amide bonds. The van der Waals surface area contributed by atoms with Crippen molar-refractivity contribution in [3.63, 3.8) is 0 Å². The SMILES string of the molecule is O=C(NC1CCCC1)N1C2CCC1CC(n1nccn1)C2. The van der Waals surface area contributed by atoms with Crippen molar-refractivity contribution >= 4 is 6.03 Å². The fourth-order valence-electron chi connectivity index (χ4n) is 4.40. The minimum absolute atomic E-state index is 0.168. The number of nitrogens with zero attached hydrogens (tertiary/aromatic N) is 4. The molecule has 1 aromatic rings. The Hall–Kier alpha value is -1.59. The zero-order valence-electron chi connectivity index (χ0n) is 12.3. The van der Waals surface area contributed by atoms with Crippen LogP contribution >= 0.6 is 0 Å². The summed E-state index contributed by atoms with van der Waals surface area (Å²) in [5, 5.41) is 11.8. The number of nitrogens with one attached hydrogen (secondary N) is 1. The molecule has 1 aliphatic carbocycles. The first-order chi connectivity index (χ1) is 10.3. The van der Waals surface area contributed by atoms with Crippen molar-refractivity contribution in [3.05, 3.63) is 12.4 Å². The number of carbonyl (C=O) groups is 1. The summed E-state index contributed by atoms with van der Waals surface area (Å²) in [7, 11) is 0. The molecule has 6 heteroatoms. The van der Waals surface area contributed by atoms with Crippen LogP contribution in [-0.4, -0.2) is 44.1 Å². The van der Waals surface area contributed by atoms with Crippen LogP contribution in [-0.2, 0) is 0 Å². The predicted octanol–water partition coefficient (Wildman–Crippen LogP) is 2.10. The van der Waals surface area contributed by atoms with Crippen molar-refractivity contribution in [2.75, 3.05) is 0 Å². The molecule has 2 saturated heterocycles. The Balaban J connectivity index is 1.43. The van der Waals surface area contributed by atoms with Crippen LogP contribution in [0.3, 0.4) is 0 Å². The lowest BCUT2D eigenvalue weighted by molar-refractivity contribution is 0.113. The maximum Gasteiger partial charge on any atom is 0.318 e. The molecule has 2 unspecified atom stereocenters. The van der Waals surface area contributed by atoms with Gasteiger partial charge in [-0.05, 0) is 38.5 Å². The number of aromatic nitrogens is 3. The zero-order chi connectivity index (χ0) is 14.2. The average molecular weight is 289 g/mol. The molecule has 6 nitrogen and oxygen atoms in total. The molecule has 0 radical (unpaired) electrons. The van der Waals surface area contributed by atoms with Crippen LogP contribution in [0.5, 0.6) is 0 Å². The number of piperidine rings is 1. The average Bonchev–Trinajstić information content (AvgIpc) is 3.20. The second kappa shape index (κ2) is 5.31. The molecular weight excluding hydrogens is 266 g/mol. The molecule has 2 aliphatic heterocycles. The topological polar surface area (TPSA) is 63.1 Å². The summed E-state index contributed by atoms with van der Waals surface area (Å²) < 4.78 is 0. The summed E-state index contributed by atoms with van der Waals surface area (Å²) >= 11 is 0. The van der Waals surface area contributed by atoms with Crippen LogP contribution in [0.25, 0.3) is 0 Å². The lowest BCUT2D eigenvalue weighted by atomic mass is 9.98. The van der Waals surface area contributed by atoms with Gasteiger partial charge in [0.25, 0.3) is 0 Å². The molecule has 2 atom stereocenters. The standard InChI is InChI=1S/C15H23N5O/c21-15(18-11-3-1-2-4-11)19-12-5-6-13(19)10-14(9-12)20-16-7-8-17-20/h7-8,11-14H,1-6,9-10H2,(H,18,21). The van der Waals surface area contributed by atoms with E-state index in [1.165, 1.54) is 12.8 Å². The van der Waals surface area contributed by atoms with Gasteiger partial charge in [-0.2, -0.15) is 15.0 Å². The van der Waals surface area contributed by atoms with E-state index in [0.29, 0.717) is 24.2 Å². The largest absolute Gasteiger partial charge is 0.335 e. The number of urea groups is 1. The number of hydrogen-bond acceptors (Lipinski definition) is 3. The van der Waals surface area contributed by atoms with Crippen LogP contribution in [0.15, 0.2) is 12.4 Å². The molecule has 3 heterocycles. The van der Waals surface area contributed by atoms with Gasteiger partial charge < -0.3 is 10.2 Å². The van der Waals surface area contributed by atoms with E-state index >= 15 is 0 Å². The number of hydrogen-bond donors (Lipinski definition) is 1. The molecule has 21 heavy (non-hydrogen) atoms. The highest BCUT2D eigenvalue weighted by molar-refractivity contribution is 5.75. The lowest BCUT2D eigenvalue weighted by Crippen LogP contribution is -2.52. The van der Waals surface area contributed by atoms with Crippen LogP contribution in [0.4, 0.5) is 4.79 Å². The van der Waals surface area contributed by atoms with Crippen molar-refractivity contribution in [3.8, 4) is 0 Å². The first-order valence-corrected chi connectivity index (χ1v) is 8.26. The lowest BCUT2D eigenvalue weighted by Gasteiger charge is -2.39. The Kier molecular flexibility index (Phi) is 3.31. The number of amides is 2. The highest BCUT2D eigenvalue weighted by Gasteiger charge is 2.44. The number of carbonyl (C=O) groups excluding carboxylic acids is 1. The molecule has 1 aromatic heterocycles. The van der Waals surface area contributed by atoms with E-state index in [9.17, 15) is 4.79 Å². The van der Waals surface area contributed by atoms with Gasteiger partial charge in [-0.3, -0.25) is 0 Å². The zero-order valence-corrected chi connectivity index (χ0v) is 12.3. The van der Waals surface area contributed by atoms with Crippen molar-refractivity contribution in [2.24, 2.45) is 0 Å². The second-order valence-corrected chi connectivity index (χ2v) is 6.70. The van der Waals surface area contributed by atoms with Crippen molar-refractivity contribution in [1.29, 1.82) is 0 Å². The third-order valence-corrected chi connectivity index (χ3v) is 5.39. The smallest absolute Gasteiger partial charge is 0.318 e. The van der Waals surface area contributed by atoms with Gasteiger partial charge >= 0.3 is 6.03 Å². The van der Waals surface area contributed by atoms with Crippen molar-refractivity contribution < 1.29 is 4.79 Å². The molecule has 2 bridgehead atoms. The molecule has 114 valence electrons. The molecule has 4 rings (SSSR count).